The van der Waals surface area contributed by atoms with Crippen molar-refractivity contribution in [1.82, 2.24) is 35.9 Å². The van der Waals surface area contributed by atoms with Crippen molar-refractivity contribution in [3.8, 4) is 44.5 Å². The Labute approximate surface area is 516 Å². The van der Waals surface area contributed by atoms with Gasteiger partial charge in [-0.1, -0.05) is 42.5 Å². The summed E-state index contributed by atoms with van der Waals surface area (Å²) in [6.45, 7) is 1.90. The molecular weight excluding hydrogens is 1370 g/mol. The second-order valence-electron chi connectivity index (χ2n) is 18.9. The number of carbonyl (C=O) groups excluding carboxylic acids is 3. The Morgan fingerprint density at radius 2 is 1.06 bits per heavy atom. The van der Waals surface area contributed by atoms with Gasteiger partial charge in [-0.05, 0) is 201 Å². The minimum absolute atomic E-state index is 0. The number of hydrogen-bond donors (Lipinski definition) is 5. The van der Waals surface area contributed by atoms with Crippen LogP contribution in [0.4, 0.5) is 23.3 Å². The molecular formula is C58H51Br3N11O9PdS-. The monoisotopic (exact) mass is 1420 g/mol. The van der Waals surface area contributed by atoms with E-state index in [-0.39, 0.29) is 63.0 Å². The number of anilines is 2. The van der Waals surface area contributed by atoms with E-state index in [2.05, 4.69) is 94.3 Å². The van der Waals surface area contributed by atoms with Crippen LogP contribution in [0.2, 0.25) is 0 Å². The standard InChI is InChI=1S/C24H23N3O3S.C14H11Br2N3O.C14H11N3O3.C5H3BrN2O2.CH3.Pd/c25-23-22(17-5-8-21-18(11-17)9-10-26-24(21)28)12-19(13-27-23)16-3-6-20(7-4-16)31(29,30)14-15-1-2-15;15-10-6-12(13(19-16)18-7-10)8-1-2-11-9(5-8)3-4-17-14(11)20;18-14-12-4-3-9(8-10(12)5-7-16-14)11-2-1-6-15-13(11)17(19)20;6-4-2-1-3-7-5(4)8(9)10;;/h3-8,11-13,15H,1-2,9-10,14H2,(H2,25,27)(H,26,28);1-2,5-7H,3-4H2,(H,17,20)(H,18,19);1-4,6,8H,5,7H2,(H,16,18);1-3H;1H3;/q;;;;-1;. The normalized spacial score (nSPS) is 13.6. The number of nitro groups is 2. The summed E-state index contributed by atoms with van der Waals surface area (Å²) in [4.78, 5) is 71.9. The second kappa shape index (κ2) is 28.1. The molecule has 3 amide bonds. The molecule has 8 aromatic rings. The van der Waals surface area contributed by atoms with Crippen LogP contribution < -0.4 is 26.0 Å². The first-order chi connectivity index (χ1) is 39.0. The molecule has 20 nitrogen and oxygen atoms in total. The number of hydrogen-bond acceptors (Lipinski definition) is 15. The number of nitrogens with zero attached hydrogens (tertiary/aromatic N) is 6. The van der Waals surface area contributed by atoms with Gasteiger partial charge in [-0.15, -0.1) is 0 Å². The number of benzene rings is 4. The Balaban J connectivity index is 0.000000168. The van der Waals surface area contributed by atoms with Gasteiger partial charge >= 0.3 is 11.6 Å². The van der Waals surface area contributed by atoms with E-state index in [4.69, 9.17) is 5.73 Å². The van der Waals surface area contributed by atoms with Gasteiger partial charge in [0.2, 0.25) is 0 Å². The third-order valence-corrected chi connectivity index (χ3v) is 16.8. The molecule has 3 aliphatic heterocycles. The molecule has 1 saturated carbocycles. The Bertz CT molecular complexity index is 3900. The predicted octanol–water partition coefficient (Wildman–Crippen LogP) is 11.1. The molecule has 4 aromatic carbocycles. The molecule has 83 heavy (non-hydrogen) atoms. The van der Waals surface area contributed by atoms with Crippen LogP contribution in [0.25, 0.3) is 44.5 Å². The van der Waals surface area contributed by atoms with Crippen LogP contribution in [-0.4, -0.2) is 81.3 Å². The Morgan fingerprint density at radius 1 is 0.578 bits per heavy atom. The van der Waals surface area contributed by atoms with Crippen molar-refractivity contribution in [2.75, 3.05) is 35.5 Å². The molecule has 0 radical (unpaired) electrons. The molecule has 430 valence electrons. The molecule has 7 heterocycles. The maximum absolute atomic E-state index is 12.5. The molecule has 1 aliphatic carbocycles. The number of amides is 3. The van der Waals surface area contributed by atoms with Gasteiger partial charge in [0, 0.05) is 106 Å². The van der Waals surface area contributed by atoms with Crippen molar-refractivity contribution in [2.45, 2.75) is 37.0 Å². The number of halogens is 3. The fraction of sp³-hybridized carbons (Fsp3) is 0.172. The first kappa shape index (κ1) is 62.9. The average Bonchev–Trinajstić information content (AvgIpc) is 4.41. The molecule has 0 saturated heterocycles. The topological polar surface area (TPSA) is 297 Å². The van der Waals surface area contributed by atoms with Crippen molar-refractivity contribution in [2.24, 2.45) is 5.92 Å². The number of rotatable bonds is 10. The first-order valence-corrected chi connectivity index (χ1v) is 29.2. The fourth-order valence-corrected chi connectivity index (χ4v) is 12.0. The van der Waals surface area contributed by atoms with E-state index in [0.29, 0.717) is 63.0 Å². The number of fused-ring (bicyclic) bond motifs is 3. The summed E-state index contributed by atoms with van der Waals surface area (Å²) in [6, 6.07) is 34.3. The summed E-state index contributed by atoms with van der Waals surface area (Å²) in [6.07, 6.45) is 10.6. The van der Waals surface area contributed by atoms with E-state index in [1.807, 2.05) is 60.7 Å². The van der Waals surface area contributed by atoms with Crippen LogP contribution in [0, 0.1) is 33.6 Å². The van der Waals surface area contributed by atoms with Gasteiger partial charge in [0.15, 0.2) is 9.84 Å². The molecule has 1 fully saturated rings. The van der Waals surface area contributed by atoms with Crippen LogP contribution in [0.3, 0.4) is 0 Å². The smallest absolute Gasteiger partial charge is 0.377 e. The SMILES string of the molecule is Nc1ncc(-c2ccc(S(=O)(=O)CC3CC3)cc2)cc1-c1ccc2c(c1)CCNC2=O.O=C1NCCc2cc(-c3cc(Br)cnc3NBr)ccc21.O=C1NCCc2cc(-c3cccnc3[N+](=O)[O-])ccc21.O=[N+]([O-])c1ncccc1Br.[CH3-].[Pd]. The maximum Gasteiger partial charge on any atom is 0.377 e. The molecule has 6 N–H and O–H groups in total. The first-order valence-electron chi connectivity index (χ1n) is 25.2. The van der Waals surface area contributed by atoms with E-state index in [1.54, 1.807) is 60.9 Å². The quantitative estimate of drug-likeness (QED) is 0.0280. The zero-order valence-corrected chi connectivity index (χ0v) is 51.1. The molecule has 12 rings (SSSR count). The Hall–Kier alpha value is -7.66. The van der Waals surface area contributed by atoms with Gasteiger partial charge in [-0.25, -0.2) is 18.4 Å². The van der Waals surface area contributed by atoms with Crippen LogP contribution in [0.15, 0.2) is 154 Å². The fourth-order valence-electron chi connectivity index (χ4n) is 9.21. The van der Waals surface area contributed by atoms with Gasteiger partial charge in [0.1, 0.15) is 28.5 Å². The van der Waals surface area contributed by atoms with Crippen LogP contribution in [-0.2, 0) is 49.5 Å². The van der Waals surface area contributed by atoms with Gasteiger partial charge in [0.25, 0.3) is 17.7 Å². The number of nitrogens with two attached hydrogens (primary N) is 1. The molecule has 0 bridgehead atoms. The Morgan fingerprint density at radius 3 is 1.54 bits per heavy atom. The van der Waals surface area contributed by atoms with Crippen LogP contribution in [0.1, 0.15) is 60.6 Å². The van der Waals surface area contributed by atoms with Crippen molar-refractivity contribution < 1.29 is 53.1 Å². The number of nitrogen functional groups attached to an aromatic ring is 1. The number of nitrogens with one attached hydrogen (secondary N) is 4. The third kappa shape index (κ3) is 15.3. The van der Waals surface area contributed by atoms with Gasteiger partial charge in [0.05, 0.1) is 16.2 Å². The zero-order valence-electron chi connectivity index (χ0n) is 44.0. The summed E-state index contributed by atoms with van der Waals surface area (Å²) < 4.78 is 29.2. The molecule has 0 unspecified atom stereocenters. The average molecular weight is 1420 g/mol. The minimum atomic E-state index is -3.24. The van der Waals surface area contributed by atoms with Crippen molar-refractivity contribution in [3.05, 3.63) is 210 Å². The maximum atomic E-state index is 12.5. The van der Waals surface area contributed by atoms with Crippen molar-refractivity contribution in [3.63, 3.8) is 0 Å². The minimum Gasteiger partial charge on any atom is -0.383 e. The van der Waals surface area contributed by atoms with Crippen molar-refractivity contribution >= 4 is 98.8 Å². The largest absolute Gasteiger partial charge is 0.383 e. The van der Waals surface area contributed by atoms with Gasteiger partial charge in [-0.3, -0.25) is 14.4 Å². The van der Waals surface area contributed by atoms with E-state index < -0.39 is 19.7 Å². The predicted molar refractivity (Wildman–Crippen MR) is 324 cm³/mol. The van der Waals surface area contributed by atoms with Gasteiger partial charge < -0.3 is 53.7 Å². The van der Waals surface area contributed by atoms with E-state index in [0.717, 1.165) is 98.0 Å². The molecule has 0 atom stereocenters. The summed E-state index contributed by atoms with van der Waals surface area (Å²) in [5.41, 5.74) is 17.8. The summed E-state index contributed by atoms with van der Waals surface area (Å²) in [5.74, 6) is 1.23. The second-order valence-corrected chi connectivity index (χ2v) is 23.1. The Kier molecular flexibility index (Phi) is 21.3. The summed E-state index contributed by atoms with van der Waals surface area (Å²) >= 11 is 9.65. The van der Waals surface area contributed by atoms with E-state index >= 15 is 0 Å². The number of pyridine rings is 4. The number of carbonyl (C=O) groups is 3. The van der Waals surface area contributed by atoms with E-state index in [1.165, 1.54) is 12.4 Å². The van der Waals surface area contributed by atoms with Gasteiger partial charge in [-0.2, -0.15) is 0 Å². The number of sulfone groups is 1. The van der Waals surface area contributed by atoms with Crippen LogP contribution in [0.5, 0.6) is 0 Å². The van der Waals surface area contributed by atoms with Crippen molar-refractivity contribution in [1.29, 1.82) is 0 Å². The number of aromatic nitrogens is 4. The van der Waals surface area contributed by atoms with E-state index in [9.17, 15) is 43.0 Å². The molecule has 4 aliphatic rings. The zero-order chi connectivity index (χ0) is 57.4. The summed E-state index contributed by atoms with van der Waals surface area (Å²) in [7, 11) is -3.24. The molecule has 0 spiro atoms. The third-order valence-electron chi connectivity index (χ3n) is 13.5. The summed E-state index contributed by atoms with van der Waals surface area (Å²) in [5, 5.41) is 29.6. The molecule has 4 aromatic heterocycles. The van der Waals surface area contributed by atoms with Crippen LogP contribution >= 0.6 is 48.0 Å². The molecule has 25 heteroatoms.